The molecule has 2 aliphatic rings. The fourth-order valence-electron chi connectivity index (χ4n) is 3.82. The molecule has 8 heteroatoms. The van der Waals surface area contributed by atoms with E-state index in [-0.39, 0.29) is 17.9 Å². The van der Waals surface area contributed by atoms with Gasteiger partial charge in [0.05, 0.1) is 12.8 Å². The van der Waals surface area contributed by atoms with Gasteiger partial charge < -0.3 is 19.7 Å². The molecule has 2 heterocycles. The van der Waals surface area contributed by atoms with Crippen molar-refractivity contribution in [3.63, 3.8) is 0 Å². The Labute approximate surface area is 177 Å². The predicted octanol–water partition coefficient (Wildman–Crippen LogP) is 3.03. The van der Waals surface area contributed by atoms with Gasteiger partial charge in [-0.1, -0.05) is 6.07 Å². The molecule has 0 aliphatic carbocycles. The summed E-state index contributed by atoms with van der Waals surface area (Å²) in [4.78, 5) is 37.4. The fourth-order valence-corrected chi connectivity index (χ4v) is 3.82. The van der Waals surface area contributed by atoms with Crippen molar-refractivity contribution in [3.8, 4) is 5.75 Å². The van der Waals surface area contributed by atoms with E-state index in [1.165, 1.54) is 0 Å². The van der Waals surface area contributed by atoms with Gasteiger partial charge >= 0.3 is 6.09 Å². The summed E-state index contributed by atoms with van der Waals surface area (Å²) in [5.74, 6) is 0.430. The SMILES string of the molecule is COc1cc(C2CCN(C(=O)OC(C)(C)C)CC2)ccc1NC1CCC(=O)NC1=O. The van der Waals surface area contributed by atoms with Crippen LogP contribution in [0.5, 0.6) is 5.75 Å². The van der Waals surface area contributed by atoms with Crippen LogP contribution >= 0.6 is 0 Å². The first-order chi connectivity index (χ1) is 14.2. The van der Waals surface area contributed by atoms with Crippen LogP contribution in [0.1, 0.15) is 57.9 Å². The summed E-state index contributed by atoms with van der Waals surface area (Å²) in [7, 11) is 1.60. The van der Waals surface area contributed by atoms with Crippen LogP contribution in [-0.4, -0.2) is 54.6 Å². The maximum absolute atomic E-state index is 12.3. The van der Waals surface area contributed by atoms with Crippen LogP contribution in [0.3, 0.4) is 0 Å². The monoisotopic (exact) mass is 417 g/mol. The van der Waals surface area contributed by atoms with Gasteiger partial charge in [0, 0.05) is 19.5 Å². The first-order valence-corrected chi connectivity index (χ1v) is 10.4. The van der Waals surface area contributed by atoms with Crippen LogP contribution in [0, 0.1) is 0 Å². The second-order valence-electron chi connectivity index (χ2n) is 8.85. The quantitative estimate of drug-likeness (QED) is 0.731. The number of likely N-dealkylation sites (tertiary alicyclic amines) is 1. The van der Waals surface area contributed by atoms with Gasteiger partial charge in [-0.15, -0.1) is 0 Å². The van der Waals surface area contributed by atoms with Gasteiger partial charge in [-0.2, -0.15) is 0 Å². The average Bonchev–Trinajstić information content (AvgIpc) is 2.69. The third-order valence-electron chi connectivity index (χ3n) is 5.41. The zero-order valence-corrected chi connectivity index (χ0v) is 18.1. The van der Waals surface area contributed by atoms with Crippen molar-refractivity contribution in [2.75, 3.05) is 25.5 Å². The number of nitrogens with zero attached hydrogens (tertiary/aromatic N) is 1. The lowest BCUT2D eigenvalue weighted by Gasteiger charge is -2.33. The van der Waals surface area contributed by atoms with Crippen LogP contribution in [0.15, 0.2) is 18.2 Å². The van der Waals surface area contributed by atoms with Crippen molar-refractivity contribution in [3.05, 3.63) is 23.8 Å². The molecule has 1 aromatic carbocycles. The number of ether oxygens (including phenoxy) is 2. The maximum Gasteiger partial charge on any atom is 0.410 e. The van der Waals surface area contributed by atoms with Crippen LogP contribution in [-0.2, 0) is 14.3 Å². The molecular weight excluding hydrogens is 386 g/mol. The second kappa shape index (κ2) is 8.93. The number of amides is 3. The number of imide groups is 1. The van der Waals surface area contributed by atoms with Crippen LogP contribution < -0.4 is 15.4 Å². The summed E-state index contributed by atoms with van der Waals surface area (Å²) in [6.45, 7) is 6.91. The molecule has 0 aromatic heterocycles. The van der Waals surface area contributed by atoms with Crippen molar-refractivity contribution < 1.29 is 23.9 Å². The van der Waals surface area contributed by atoms with Crippen molar-refractivity contribution in [2.45, 2.75) is 64.0 Å². The van der Waals surface area contributed by atoms with Gasteiger partial charge in [0.1, 0.15) is 17.4 Å². The molecule has 164 valence electrons. The molecule has 2 fully saturated rings. The average molecular weight is 418 g/mol. The first-order valence-electron chi connectivity index (χ1n) is 10.4. The molecule has 30 heavy (non-hydrogen) atoms. The lowest BCUT2D eigenvalue weighted by Crippen LogP contribution is -2.47. The van der Waals surface area contributed by atoms with E-state index in [4.69, 9.17) is 9.47 Å². The Morgan fingerprint density at radius 1 is 1.17 bits per heavy atom. The molecule has 2 N–H and O–H groups in total. The summed E-state index contributed by atoms with van der Waals surface area (Å²) in [5, 5.41) is 5.54. The number of hydrogen-bond donors (Lipinski definition) is 2. The smallest absolute Gasteiger partial charge is 0.410 e. The van der Waals surface area contributed by atoms with E-state index in [2.05, 4.69) is 10.6 Å². The third-order valence-corrected chi connectivity index (χ3v) is 5.41. The number of rotatable bonds is 4. The Hall–Kier alpha value is -2.77. The molecule has 3 rings (SSSR count). The summed E-state index contributed by atoms with van der Waals surface area (Å²) in [5.41, 5.74) is 1.37. The molecule has 1 atom stereocenters. The zero-order chi connectivity index (χ0) is 21.9. The van der Waals surface area contributed by atoms with E-state index < -0.39 is 11.6 Å². The lowest BCUT2D eigenvalue weighted by molar-refractivity contribution is -0.133. The van der Waals surface area contributed by atoms with Crippen molar-refractivity contribution in [1.29, 1.82) is 0 Å². The third kappa shape index (κ3) is 5.43. The molecular formula is C22H31N3O5. The van der Waals surface area contributed by atoms with Gasteiger partial charge in [0.15, 0.2) is 0 Å². The topological polar surface area (TPSA) is 97.0 Å². The zero-order valence-electron chi connectivity index (χ0n) is 18.1. The maximum atomic E-state index is 12.3. The van der Waals surface area contributed by atoms with Crippen molar-refractivity contribution >= 4 is 23.6 Å². The highest BCUT2D eigenvalue weighted by molar-refractivity contribution is 6.01. The summed E-state index contributed by atoms with van der Waals surface area (Å²) in [6.07, 6.45) is 2.21. The normalized spacial score (nSPS) is 20.5. The Morgan fingerprint density at radius 2 is 1.87 bits per heavy atom. The van der Waals surface area contributed by atoms with Crippen LogP contribution in [0.25, 0.3) is 0 Å². The van der Waals surface area contributed by atoms with Gasteiger partial charge in [-0.3, -0.25) is 14.9 Å². The lowest BCUT2D eigenvalue weighted by atomic mass is 9.89. The van der Waals surface area contributed by atoms with Crippen LogP contribution in [0.2, 0.25) is 0 Å². The number of methoxy groups -OCH3 is 1. The number of benzene rings is 1. The minimum atomic E-state index is -0.493. The van der Waals surface area contributed by atoms with E-state index in [0.717, 1.165) is 24.1 Å². The second-order valence-corrected chi connectivity index (χ2v) is 8.85. The number of nitrogens with one attached hydrogen (secondary N) is 2. The van der Waals surface area contributed by atoms with E-state index in [0.29, 0.717) is 37.6 Å². The van der Waals surface area contributed by atoms with E-state index in [1.54, 1.807) is 12.0 Å². The summed E-state index contributed by atoms with van der Waals surface area (Å²) in [6, 6.07) is 5.48. The highest BCUT2D eigenvalue weighted by Crippen LogP contribution is 2.34. The largest absolute Gasteiger partial charge is 0.495 e. The fraction of sp³-hybridized carbons (Fsp3) is 0.591. The van der Waals surface area contributed by atoms with Gasteiger partial charge in [0.25, 0.3) is 0 Å². The number of carbonyl (C=O) groups is 3. The molecule has 0 radical (unpaired) electrons. The summed E-state index contributed by atoms with van der Waals surface area (Å²) >= 11 is 0. The number of anilines is 1. The Kier molecular flexibility index (Phi) is 6.53. The van der Waals surface area contributed by atoms with Crippen molar-refractivity contribution in [2.24, 2.45) is 0 Å². The highest BCUT2D eigenvalue weighted by Gasteiger charge is 2.29. The minimum Gasteiger partial charge on any atom is -0.495 e. The number of piperidine rings is 2. The molecule has 2 saturated heterocycles. The standard InChI is InChI=1S/C22H31N3O5/c1-22(2,3)30-21(28)25-11-9-14(10-12-25)15-5-6-16(18(13-15)29-4)23-17-7-8-19(26)24-20(17)27/h5-6,13-14,17,23H,7-12H2,1-4H3,(H,24,26,27). The van der Waals surface area contributed by atoms with Crippen molar-refractivity contribution in [1.82, 2.24) is 10.2 Å². The Bertz CT molecular complexity index is 809. The highest BCUT2D eigenvalue weighted by atomic mass is 16.6. The molecule has 0 spiro atoms. The number of hydrogen-bond acceptors (Lipinski definition) is 6. The van der Waals surface area contributed by atoms with Gasteiger partial charge in [0.2, 0.25) is 11.8 Å². The molecule has 8 nitrogen and oxygen atoms in total. The number of carbonyl (C=O) groups excluding carboxylic acids is 3. The minimum absolute atomic E-state index is 0.238. The van der Waals surface area contributed by atoms with E-state index >= 15 is 0 Å². The molecule has 0 saturated carbocycles. The Balaban J connectivity index is 1.62. The molecule has 1 unspecified atom stereocenters. The Morgan fingerprint density at radius 3 is 2.47 bits per heavy atom. The van der Waals surface area contributed by atoms with Crippen LogP contribution in [0.4, 0.5) is 10.5 Å². The summed E-state index contributed by atoms with van der Waals surface area (Å²) < 4.78 is 11.0. The van der Waals surface area contributed by atoms with Gasteiger partial charge in [-0.05, 0) is 63.6 Å². The predicted molar refractivity (Wildman–Crippen MR) is 113 cm³/mol. The molecule has 2 aliphatic heterocycles. The van der Waals surface area contributed by atoms with E-state index in [9.17, 15) is 14.4 Å². The van der Waals surface area contributed by atoms with Gasteiger partial charge in [-0.25, -0.2) is 4.79 Å². The van der Waals surface area contributed by atoms with E-state index in [1.807, 2.05) is 39.0 Å². The molecule has 0 bridgehead atoms. The molecule has 3 amide bonds. The molecule has 1 aromatic rings. The first kappa shape index (κ1) is 21.9.